The van der Waals surface area contributed by atoms with Crippen molar-refractivity contribution in [3.63, 3.8) is 0 Å². The Labute approximate surface area is 118 Å². The molecule has 3 heteroatoms. The number of anilines is 1. The summed E-state index contributed by atoms with van der Waals surface area (Å²) in [6.45, 7) is 1.94. The molecular formula is C17H17NO2. The van der Waals surface area contributed by atoms with E-state index in [1.807, 2.05) is 13.0 Å². The quantitative estimate of drug-likeness (QED) is 0.897. The topological polar surface area (TPSA) is 49.3 Å². The van der Waals surface area contributed by atoms with E-state index in [-0.39, 0.29) is 0 Å². The van der Waals surface area contributed by atoms with Crippen molar-refractivity contribution in [1.82, 2.24) is 0 Å². The fourth-order valence-electron chi connectivity index (χ4n) is 2.84. The fourth-order valence-corrected chi connectivity index (χ4v) is 2.84. The van der Waals surface area contributed by atoms with E-state index >= 15 is 0 Å². The van der Waals surface area contributed by atoms with E-state index in [1.165, 1.54) is 11.1 Å². The minimum atomic E-state index is -0.882. The number of aromatic carboxylic acids is 1. The lowest BCUT2D eigenvalue weighted by atomic mass is 10.1. The molecule has 3 rings (SSSR count). The molecule has 0 saturated carbocycles. The summed E-state index contributed by atoms with van der Waals surface area (Å²) in [5.41, 5.74) is 5.14. The Morgan fingerprint density at radius 2 is 1.80 bits per heavy atom. The van der Waals surface area contributed by atoms with Crippen molar-refractivity contribution in [1.29, 1.82) is 0 Å². The van der Waals surface area contributed by atoms with Crippen LogP contribution in [0.15, 0.2) is 42.5 Å². The van der Waals surface area contributed by atoms with Crippen LogP contribution in [0.5, 0.6) is 0 Å². The standard InChI is InChI=1S/C17H17NO2/c1-11-8-14(17(19)20)6-7-16(11)18-15-9-12-4-2-3-5-13(12)10-15/h2-8,15,18H,9-10H2,1H3,(H,19,20). The molecule has 0 aromatic heterocycles. The third kappa shape index (κ3) is 2.39. The first-order chi connectivity index (χ1) is 9.63. The van der Waals surface area contributed by atoms with Crippen LogP contribution in [0.25, 0.3) is 0 Å². The summed E-state index contributed by atoms with van der Waals surface area (Å²) in [4.78, 5) is 10.9. The molecule has 0 unspecified atom stereocenters. The first-order valence-electron chi connectivity index (χ1n) is 6.81. The van der Waals surface area contributed by atoms with E-state index in [0.29, 0.717) is 11.6 Å². The van der Waals surface area contributed by atoms with Crippen LogP contribution in [-0.2, 0) is 12.8 Å². The highest BCUT2D eigenvalue weighted by Crippen LogP contribution is 2.26. The van der Waals surface area contributed by atoms with Gasteiger partial charge in [-0.15, -0.1) is 0 Å². The van der Waals surface area contributed by atoms with E-state index in [9.17, 15) is 4.79 Å². The van der Waals surface area contributed by atoms with Crippen molar-refractivity contribution < 1.29 is 9.90 Å². The van der Waals surface area contributed by atoms with Crippen LogP contribution in [0, 0.1) is 6.92 Å². The molecule has 0 spiro atoms. The molecule has 0 heterocycles. The van der Waals surface area contributed by atoms with Gasteiger partial charge in [-0.2, -0.15) is 0 Å². The van der Waals surface area contributed by atoms with Gasteiger partial charge in [0.05, 0.1) is 5.56 Å². The summed E-state index contributed by atoms with van der Waals surface area (Å²) in [6.07, 6.45) is 2.05. The second-order valence-electron chi connectivity index (χ2n) is 5.35. The molecule has 2 aromatic rings. The number of carboxylic acids is 1. The lowest BCUT2D eigenvalue weighted by Gasteiger charge is -2.16. The first-order valence-corrected chi connectivity index (χ1v) is 6.81. The van der Waals surface area contributed by atoms with Gasteiger partial charge in [0.15, 0.2) is 0 Å². The molecule has 2 N–H and O–H groups in total. The number of hydrogen-bond donors (Lipinski definition) is 2. The Morgan fingerprint density at radius 1 is 1.15 bits per heavy atom. The normalized spacial score (nSPS) is 14.1. The average molecular weight is 267 g/mol. The lowest BCUT2D eigenvalue weighted by Crippen LogP contribution is -2.20. The van der Waals surface area contributed by atoms with Crippen molar-refractivity contribution in [2.45, 2.75) is 25.8 Å². The summed E-state index contributed by atoms with van der Waals surface area (Å²) in [7, 11) is 0. The van der Waals surface area contributed by atoms with Gasteiger partial charge in [0.2, 0.25) is 0 Å². The van der Waals surface area contributed by atoms with Crippen LogP contribution in [0.4, 0.5) is 5.69 Å². The smallest absolute Gasteiger partial charge is 0.335 e. The Bertz CT molecular complexity index is 639. The maximum Gasteiger partial charge on any atom is 0.335 e. The van der Waals surface area contributed by atoms with Crippen molar-refractivity contribution in [2.24, 2.45) is 0 Å². The van der Waals surface area contributed by atoms with Gasteiger partial charge < -0.3 is 10.4 Å². The second-order valence-corrected chi connectivity index (χ2v) is 5.35. The highest BCUT2D eigenvalue weighted by molar-refractivity contribution is 5.88. The number of carboxylic acid groups (broad SMARTS) is 1. The molecule has 0 bridgehead atoms. The highest BCUT2D eigenvalue weighted by Gasteiger charge is 2.21. The number of rotatable bonds is 3. The van der Waals surface area contributed by atoms with Crippen molar-refractivity contribution in [3.8, 4) is 0 Å². The zero-order valence-corrected chi connectivity index (χ0v) is 11.4. The van der Waals surface area contributed by atoms with Gasteiger partial charge >= 0.3 is 5.97 Å². The molecule has 0 aliphatic heterocycles. The van der Waals surface area contributed by atoms with Crippen LogP contribution in [0.2, 0.25) is 0 Å². The van der Waals surface area contributed by atoms with Crippen LogP contribution in [0.1, 0.15) is 27.0 Å². The number of fused-ring (bicyclic) bond motifs is 1. The van der Waals surface area contributed by atoms with Crippen LogP contribution < -0.4 is 5.32 Å². The Hall–Kier alpha value is -2.29. The SMILES string of the molecule is Cc1cc(C(=O)O)ccc1NC1Cc2ccccc2C1. The van der Waals surface area contributed by atoms with E-state index in [1.54, 1.807) is 12.1 Å². The number of carbonyl (C=O) groups is 1. The Balaban J connectivity index is 1.75. The van der Waals surface area contributed by atoms with Gasteiger partial charge in [-0.3, -0.25) is 0 Å². The minimum Gasteiger partial charge on any atom is -0.478 e. The zero-order chi connectivity index (χ0) is 14.1. The molecule has 102 valence electrons. The van der Waals surface area contributed by atoms with Gasteiger partial charge in [-0.25, -0.2) is 4.79 Å². The summed E-state index contributed by atoms with van der Waals surface area (Å²) < 4.78 is 0. The van der Waals surface area contributed by atoms with Crippen molar-refractivity contribution in [2.75, 3.05) is 5.32 Å². The highest BCUT2D eigenvalue weighted by atomic mass is 16.4. The fraction of sp³-hybridized carbons (Fsp3) is 0.235. The van der Waals surface area contributed by atoms with Gasteiger partial charge in [-0.1, -0.05) is 24.3 Å². The average Bonchev–Trinajstić information content (AvgIpc) is 2.83. The van der Waals surface area contributed by atoms with E-state index in [2.05, 4.69) is 29.6 Å². The number of nitrogens with one attached hydrogen (secondary N) is 1. The molecule has 2 aromatic carbocycles. The largest absolute Gasteiger partial charge is 0.478 e. The number of benzene rings is 2. The second kappa shape index (κ2) is 5.00. The van der Waals surface area contributed by atoms with E-state index < -0.39 is 5.97 Å². The molecule has 0 fully saturated rings. The molecule has 20 heavy (non-hydrogen) atoms. The van der Waals surface area contributed by atoms with Crippen LogP contribution in [-0.4, -0.2) is 17.1 Å². The lowest BCUT2D eigenvalue weighted by molar-refractivity contribution is 0.0697. The predicted octanol–water partition coefficient (Wildman–Crippen LogP) is 3.27. The number of hydrogen-bond acceptors (Lipinski definition) is 2. The molecular weight excluding hydrogens is 250 g/mol. The van der Waals surface area contributed by atoms with Crippen LogP contribution in [0.3, 0.4) is 0 Å². The first kappa shape index (κ1) is 12.7. The zero-order valence-electron chi connectivity index (χ0n) is 11.4. The summed E-state index contributed by atoms with van der Waals surface area (Å²) in [6, 6.07) is 14.1. The van der Waals surface area contributed by atoms with Crippen molar-refractivity contribution in [3.05, 3.63) is 64.7 Å². The van der Waals surface area contributed by atoms with Gasteiger partial charge in [0.25, 0.3) is 0 Å². The number of aryl methyl sites for hydroxylation is 1. The minimum absolute atomic E-state index is 0.336. The van der Waals surface area contributed by atoms with Gasteiger partial charge in [0.1, 0.15) is 0 Å². The maximum absolute atomic E-state index is 10.9. The Kier molecular flexibility index (Phi) is 3.18. The Morgan fingerprint density at radius 3 is 2.35 bits per heavy atom. The molecule has 0 amide bonds. The molecule has 1 aliphatic carbocycles. The van der Waals surface area contributed by atoms with Gasteiger partial charge in [0, 0.05) is 11.7 Å². The molecule has 3 nitrogen and oxygen atoms in total. The molecule has 1 aliphatic rings. The molecule has 0 atom stereocenters. The summed E-state index contributed by atoms with van der Waals surface area (Å²) in [5.74, 6) is -0.882. The third-order valence-electron chi connectivity index (χ3n) is 3.88. The summed E-state index contributed by atoms with van der Waals surface area (Å²) >= 11 is 0. The summed E-state index contributed by atoms with van der Waals surface area (Å²) in [5, 5.41) is 12.5. The van der Waals surface area contributed by atoms with E-state index in [0.717, 1.165) is 24.1 Å². The monoisotopic (exact) mass is 267 g/mol. The maximum atomic E-state index is 10.9. The van der Waals surface area contributed by atoms with Crippen molar-refractivity contribution >= 4 is 11.7 Å². The molecule has 0 radical (unpaired) electrons. The van der Waals surface area contributed by atoms with Gasteiger partial charge in [-0.05, 0) is 54.7 Å². The third-order valence-corrected chi connectivity index (χ3v) is 3.88. The predicted molar refractivity (Wildman–Crippen MR) is 79.4 cm³/mol. The molecule has 0 saturated heterocycles. The van der Waals surface area contributed by atoms with E-state index in [4.69, 9.17) is 5.11 Å². The van der Waals surface area contributed by atoms with Crippen LogP contribution >= 0.6 is 0 Å².